The van der Waals surface area contributed by atoms with E-state index >= 15 is 0 Å². The van der Waals surface area contributed by atoms with Crippen LogP contribution in [0.5, 0.6) is 0 Å². The maximum absolute atomic E-state index is 13.1. The van der Waals surface area contributed by atoms with Gasteiger partial charge in [0.05, 0.1) is 23.3 Å². The van der Waals surface area contributed by atoms with E-state index in [9.17, 15) is 15.2 Å². The topological polar surface area (TPSA) is 82.4 Å². The van der Waals surface area contributed by atoms with Crippen LogP contribution in [-0.4, -0.2) is 23.9 Å². The average molecular weight is 429 g/mol. The Bertz CT molecular complexity index is 956. The van der Waals surface area contributed by atoms with E-state index in [1.807, 2.05) is 12.3 Å². The highest BCUT2D eigenvalue weighted by molar-refractivity contribution is 8.02. The van der Waals surface area contributed by atoms with E-state index in [-0.39, 0.29) is 6.61 Å². The van der Waals surface area contributed by atoms with Crippen LogP contribution in [-0.2, 0) is 15.3 Å². The third-order valence-electron chi connectivity index (χ3n) is 4.95. The lowest BCUT2D eigenvalue weighted by atomic mass is 9.71. The quantitative estimate of drug-likeness (QED) is 0.696. The molecule has 2 aromatic rings. The number of hydrogen-bond donors (Lipinski definition) is 2. The Morgan fingerprint density at radius 2 is 1.93 bits per heavy atom. The Morgan fingerprint density at radius 1 is 1.28 bits per heavy atom. The van der Waals surface area contributed by atoms with Gasteiger partial charge >= 0.3 is 5.97 Å². The highest BCUT2D eigenvalue weighted by Crippen LogP contribution is 2.48. The molecule has 0 spiro atoms. The molecule has 0 radical (unpaired) electrons. The number of rotatable bonds is 5. The van der Waals surface area contributed by atoms with Crippen LogP contribution >= 0.6 is 23.4 Å². The SMILES string of the molecule is CCOC(=O)[C@@H]1[C@H](c2ccc(Cl)cc2)C(C#N)=C(SC)N[C@@]1(O)c1ccccc1. The molecule has 0 bridgehead atoms. The number of carbonyl (C=O) groups is 1. The number of nitrogens with one attached hydrogen (secondary N) is 1. The molecule has 2 N–H and O–H groups in total. The Labute approximate surface area is 179 Å². The van der Waals surface area contributed by atoms with Gasteiger partial charge in [0.1, 0.15) is 5.92 Å². The van der Waals surface area contributed by atoms with E-state index in [0.717, 1.165) is 0 Å². The van der Waals surface area contributed by atoms with Gasteiger partial charge in [-0.1, -0.05) is 54.1 Å². The second-order valence-corrected chi connectivity index (χ2v) is 7.83. The molecule has 5 nitrogen and oxygen atoms in total. The first kappa shape index (κ1) is 21.3. The van der Waals surface area contributed by atoms with Crippen LogP contribution in [0.25, 0.3) is 0 Å². The van der Waals surface area contributed by atoms with Crippen molar-refractivity contribution in [3.05, 3.63) is 81.3 Å². The summed E-state index contributed by atoms with van der Waals surface area (Å²) in [7, 11) is 0. The number of carbonyl (C=O) groups excluding carboxylic acids is 1. The molecule has 0 saturated heterocycles. The second kappa shape index (κ2) is 8.91. The number of aliphatic hydroxyl groups is 1. The number of esters is 1. The average Bonchev–Trinajstić information content (AvgIpc) is 2.74. The normalized spacial score (nSPS) is 23.8. The Kier molecular flexibility index (Phi) is 6.53. The van der Waals surface area contributed by atoms with Crippen molar-refractivity contribution in [1.29, 1.82) is 5.26 Å². The van der Waals surface area contributed by atoms with Crippen LogP contribution in [0.3, 0.4) is 0 Å². The fraction of sp³-hybridized carbons (Fsp3) is 0.273. The van der Waals surface area contributed by atoms with Gasteiger partial charge in [0.25, 0.3) is 0 Å². The first-order valence-corrected chi connectivity index (χ1v) is 10.7. The largest absolute Gasteiger partial charge is 0.466 e. The van der Waals surface area contributed by atoms with Gasteiger partial charge in [-0.15, -0.1) is 11.8 Å². The zero-order valence-corrected chi connectivity index (χ0v) is 17.6. The Morgan fingerprint density at radius 3 is 2.48 bits per heavy atom. The Balaban J connectivity index is 2.28. The molecule has 3 atom stereocenters. The summed E-state index contributed by atoms with van der Waals surface area (Å²) >= 11 is 7.35. The maximum atomic E-state index is 13.1. The van der Waals surface area contributed by atoms with Gasteiger partial charge in [0.2, 0.25) is 0 Å². The molecule has 1 aliphatic heterocycles. The summed E-state index contributed by atoms with van der Waals surface area (Å²) in [5, 5.41) is 25.8. The van der Waals surface area contributed by atoms with Crippen LogP contribution in [0.4, 0.5) is 0 Å². The number of thioether (sulfide) groups is 1. The molecule has 3 rings (SSSR count). The first-order chi connectivity index (χ1) is 14.0. The lowest BCUT2D eigenvalue weighted by Crippen LogP contribution is -2.56. The first-order valence-electron chi connectivity index (χ1n) is 9.12. The van der Waals surface area contributed by atoms with Gasteiger partial charge in [0, 0.05) is 16.5 Å². The summed E-state index contributed by atoms with van der Waals surface area (Å²) in [6.07, 6.45) is 1.81. The van der Waals surface area contributed by atoms with Crippen molar-refractivity contribution in [2.45, 2.75) is 18.6 Å². The maximum Gasteiger partial charge on any atom is 0.315 e. The van der Waals surface area contributed by atoms with E-state index in [2.05, 4.69) is 11.4 Å². The molecular formula is C22H21ClN2O3S. The number of hydrogen-bond acceptors (Lipinski definition) is 6. The summed E-state index contributed by atoms with van der Waals surface area (Å²) in [4.78, 5) is 13.1. The van der Waals surface area contributed by atoms with Gasteiger partial charge in [-0.05, 0) is 30.9 Å². The van der Waals surface area contributed by atoms with Crippen LogP contribution in [0.1, 0.15) is 24.0 Å². The van der Waals surface area contributed by atoms with Crippen LogP contribution in [0.2, 0.25) is 5.02 Å². The van der Waals surface area contributed by atoms with Gasteiger partial charge < -0.3 is 15.2 Å². The molecule has 150 valence electrons. The number of allylic oxidation sites excluding steroid dienone is 1. The number of benzene rings is 2. The van der Waals surface area contributed by atoms with Crippen molar-refractivity contribution >= 4 is 29.3 Å². The Hall–Kier alpha value is -2.46. The minimum atomic E-state index is -1.75. The monoisotopic (exact) mass is 428 g/mol. The van der Waals surface area contributed by atoms with Crippen LogP contribution in [0, 0.1) is 17.2 Å². The molecule has 7 heteroatoms. The molecule has 0 saturated carbocycles. The summed E-state index contributed by atoms with van der Waals surface area (Å²) in [5.41, 5.74) is -0.165. The molecule has 0 unspecified atom stereocenters. The van der Waals surface area contributed by atoms with Crippen molar-refractivity contribution in [1.82, 2.24) is 5.32 Å². The molecule has 1 heterocycles. The van der Waals surface area contributed by atoms with E-state index < -0.39 is 23.5 Å². The summed E-state index contributed by atoms with van der Waals surface area (Å²) in [6, 6.07) is 18.1. The number of nitriles is 1. The van der Waals surface area contributed by atoms with Gasteiger partial charge in [-0.3, -0.25) is 4.79 Å². The minimum Gasteiger partial charge on any atom is -0.466 e. The zero-order chi connectivity index (χ0) is 21.0. The minimum absolute atomic E-state index is 0.161. The third kappa shape index (κ3) is 3.99. The number of ether oxygens (including phenoxy) is 1. The molecule has 0 aromatic heterocycles. The highest BCUT2D eigenvalue weighted by atomic mass is 35.5. The third-order valence-corrected chi connectivity index (χ3v) is 5.93. The van der Waals surface area contributed by atoms with Crippen LogP contribution in [0.15, 0.2) is 65.2 Å². The van der Waals surface area contributed by atoms with Crippen molar-refractivity contribution in [3.8, 4) is 6.07 Å². The number of nitrogens with zero attached hydrogens (tertiary/aromatic N) is 1. The highest BCUT2D eigenvalue weighted by Gasteiger charge is 2.54. The standard InChI is InChI=1S/C22H21ClN2O3S/c1-3-28-21(26)19-18(14-9-11-16(23)12-10-14)17(13-24)20(29-2)25-22(19,27)15-7-5-4-6-8-15/h4-12,18-19,25,27H,3H2,1-2H3/t18-,19+,22-/m1/s1. The number of halogens is 1. The zero-order valence-electron chi connectivity index (χ0n) is 16.1. The molecule has 0 fully saturated rings. The predicted molar refractivity (Wildman–Crippen MR) is 114 cm³/mol. The molecule has 29 heavy (non-hydrogen) atoms. The van der Waals surface area contributed by atoms with Crippen molar-refractivity contribution in [3.63, 3.8) is 0 Å². The van der Waals surface area contributed by atoms with E-state index in [1.54, 1.807) is 55.5 Å². The summed E-state index contributed by atoms with van der Waals surface area (Å²) in [6.45, 7) is 1.87. The van der Waals surface area contributed by atoms with Gasteiger partial charge in [0.15, 0.2) is 5.72 Å². The molecule has 1 aliphatic rings. The summed E-state index contributed by atoms with van der Waals surface area (Å²) < 4.78 is 5.33. The van der Waals surface area contributed by atoms with E-state index in [4.69, 9.17) is 16.3 Å². The van der Waals surface area contributed by atoms with Crippen molar-refractivity contribution < 1.29 is 14.6 Å². The molecule has 0 amide bonds. The van der Waals surface area contributed by atoms with Gasteiger partial charge in [-0.25, -0.2) is 0 Å². The molecule has 2 aromatic carbocycles. The summed E-state index contributed by atoms with van der Waals surface area (Å²) in [5.74, 6) is -2.36. The van der Waals surface area contributed by atoms with Crippen LogP contribution < -0.4 is 5.32 Å². The van der Waals surface area contributed by atoms with E-state index in [0.29, 0.717) is 26.8 Å². The fourth-order valence-corrected chi connectivity index (χ4v) is 4.44. The fourth-order valence-electron chi connectivity index (χ4n) is 3.66. The predicted octanol–water partition coefficient (Wildman–Crippen LogP) is 4.15. The smallest absolute Gasteiger partial charge is 0.315 e. The molecular weight excluding hydrogens is 408 g/mol. The van der Waals surface area contributed by atoms with Gasteiger partial charge in [-0.2, -0.15) is 5.26 Å². The van der Waals surface area contributed by atoms with Crippen molar-refractivity contribution in [2.75, 3.05) is 12.9 Å². The lowest BCUT2D eigenvalue weighted by Gasteiger charge is -2.45. The molecule has 0 aliphatic carbocycles. The van der Waals surface area contributed by atoms with E-state index in [1.165, 1.54) is 11.8 Å². The second-order valence-electron chi connectivity index (χ2n) is 6.58. The van der Waals surface area contributed by atoms with Crippen molar-refractivity contribution in [2.24, 2.45) is 5.92 Å². The lowest BCUT2D eigenvalue weighted by molar-refractivity contribution is -0.164.